The van der Waals surface area contributed by atoms with E-state index in [0.717, 1.165) is 6.42 Å². The normalized spacial score (nSPS) is 30.1. The second-order valence-electron chi connectivity index (χ2n) is 8.35. The van der Waals surface area contributed by atoms with Crippen LogP contribution < -0.4 is 4.90 Å². The van der Waals surface area contributed by atoms with Crippen molar-refractivity contribution < 1.29 is 10.0 Å². The first-order valence-electron chi connectivity index (χ1n) is 10.3. The van der Waals surface area contributed by atoms with Gasteiger partial charge in [-0.15, -0.1) is 0 Å². The van der Waals surface area contributed by atoms with Gasteiger partial charge in [0.25, 0.3) is 0 Å². The number of likely N-dealkylation sites (tertiary alicyclic amines) is 1. The molecule has 2 nitrogen and oxygen atoms in total. The third-order valence-electron chi connectivity index (χ3n) is 6.66. The Balaban J connectivity index is 1.75. The SMILES string of the molecule is C[C@@H]1[C@H](c2ccccc2)[NH+](C)[C@H](c2ccccc2)C[C@]1(O)Cc1ccccc1. The molecule has 28 heavy (non-hydrogen) atoms. The maximum atomic E-state index is 12.0. The van der Waals surface area contributed by atoms with E-state index in [4.69, 9.17) is 0 Å². The van der Waals surface area contributed by atoms with Crippen molar-refractivity contribution in [3.8, 4) is 0 Å². The molecule has 5 atom stereocenters. The molecule has 2 heteroatoms. The van der Waals surface area contributed by atoms with Crippen molar-refractivity contribution in [1.29, 1.82) is 0 Å². The number of hydrogen-bond acceptors (Lipinski definition) is 1. The van der Waals surface area contributed by atoms with Gasteiger partial charge >= 0.3 is 0 Å². The van der Waals surface area contributed by atoms with Gasteiger partial charge in [0.1, 0.15) is 12.1 Å². The van der Waals surface area contributed by atoms with Crippen molar-refractivity contribution >= 4 is 0 Å². The van der Waals surface area contributed by atoms with Crippen LogP contribution in [0.2, 0.25) is 0 Å². The minimum absolute atomic E-state index is 0.148. The minimum atomic E-state index is -0.748. The average Bonchev–Trinajstić information content (AvgIpc) is 2.73. The Morgan fingerprint density at radius 1 is 0.821 bits per heavy atom. The van der Waals surface area contributed by atoms with E-state index in [1.165, 1.54) is 21.6 Å². The lowest BCUT2D eigenvalue weighted by Crippen LogP contribution is -3.12. The molecule has 3 aromatic carbocycles. The molecular formula is C26H30NO+. The lowest BCUT2D eigenvalue weighted by atomic mass is 9.68. The molecule has 0 aliphatic carbocycles. The van der Waals surface area contributed by atoms with Gasteiger partial charge in [-0.1, -0.05) is 97.9 Å². The van der Waals surface area contributed by atoms with E-state index < -0.39 is 5.60 Å². The van der Waals surface area contributed by atoms with Gasteiger partial charge in [-0.2, -0.15) is 0 Å². The van der Waals surface area contributed by atoms with E-state index in [1.807, 2.05) is 6.07 Å². The molecule has 0 amide bonds. The van der Waals surface area contributed by atoms with E-state index in [-0.39, 0.29) is 18.0 Å². The summed E-state index contributed by atoms with van der Waals surface area (Å²) in [7, 11) is 2.29. The van der Waals surface area contributed by atoms with E-state index in [0.29, 0.717) is 6.42 Å². The van der Waals surface area contributed by atoms with Crippen molar-refractivity contribution in [2.45, 2.75) is 37.5 Å². The van der Waals surface area contributed by atoms with Gasteiger partial charge in [-0.05, 0) is 5.56 Å². The fraction of sp³-hybridized carbons (Fsp3) is 0.308. The van der Waals surface area contributed by atoms with Crippen molar-refractivity contribution in [1.82, 2.24) is 0 Å². The molecule has 0 spiro atoms. The van der Waals surface area contributed by atoms with E-state index >= 15 is 0 Å². The summed E-state index contributed by atoms with van der Waals surface area (Å²) in [5, 5.41) is 12.0. The fourth-order valence-corrected chi connectivity index (χ4v) is 5.08. The Kier molecular flexibility index (Phi) is 5.34. The summed E-state index contributed by atoms with van der Waals surface area (Å²) in [6, 6.07) is 32.3. The van der Waals surface area contributed by atoms with Crippen LogP contribution in [0.4, 0.5) is 0 Å². The quantitative estimate of drug-likeness (QED) is 0.711. The van der Waals surface area contributed by atoms with Crippen molar-refractivity contribution in [2.24, 2.45) is 5.92 Å². The molecule has 0 aromatic heterocycles. The standard InChI is InChI=1S/C26H29NO/c1-20-25(23-16-10-5-11-17-23)27(2)24(22-14-8-4-9-15-22)19-26(20,28)18-21-12-6-3-7-13-21/h3-17,20,24-25,28H,18-19H2,1-2H3/p+1/t20-,24+,25-,26-/m1/s1. The van der Waals surface area contributed by atoms with E-state index in [1.54, 1.807) is 0 Å². The van der Waals surface area contributed by atoms with Crippen LogP contribution in [0.3, 0.4) is 0 Å². The van der Waals surface area contributed by atoms with Crippen LogP contribution in [-0.2, 0) is 6.42 Å². The van der Waals surface area contributed by atoms with Crippen LogP contribution in [0.5, 0.6) is 0 Å². The van der Waals surface area contributed by atoms with Gasteiger partial charge < -0.3 is 10.0 Å². The smallest absolute Gasteiger partial charge is 0.119 e. The average molecular weight is 373 g/mol. The topological polar surface area (TPSA) is 24.7 Å². The zero-order chi connectivity index (χ0) is 19.6. The molecule has 1 aliphatic rings. The zero-order valence-electron chi connectivity index (χ0n) is 16.8. The summed E-state index contributed by atoms with van der Waals surface area (Å²) >= 11 is 0. The second kappa shape index (κ2) is 7.90. The second-order valence-corrected chi connectivity index (χ2v) is 8.35. The number of quaternary nitrogens is 1. The first-order chi connectivity index (χ1) is 13.6. The molecule has 1 saturated heterocycles. The molecule has 3 aromatic rings. The summed E-state index contributed by atoms with van der Waals surface area (Å²) in [4.78, 5) is 1.46. The summed E-state index contributed by atoms with van der Waals surface area (Å²) in [6.45, 7) is 2.23. The summed E-state index contributed by atoms with van der Waals surface area (Å²) in [5.41, 5.74) is 3.07. The van der Waals surface area contributed by atoms with Crippen LogP contribution in [0.1, 0.15) is 42.1 Å². The fourth-order valence-electron chi connectivity index (χ4n) is 5.08. The number of benzene rings is 3. The Morgan fingerprint density at radius 2 is 1.32 bits per heavy atom. The summed E-state index contributed by atoms with van der Waals surface area (Å²) < 4.78 is 0. The van der Waals surface area contributed by atoms with Crippen LogP contribution in [0, 0.1) is 5.92 Å². The molecule has 0 saturated carbocycles. The van der Waals surface area contributed by atoms with E-state index in [9.17, 15) is 5.11 Å². The predicted octanol–water partition coefficient (Wildman–Crippen LogP) is 4.00. The summed E-state index contributed by atoms with van der Waals surface area (Å²) in [6.07, 6.45) is 1.46. The molecule has 0 radical (unpaired) electrons. The van der Waals surface area contributed by atoms with E-state index in [2.05, 4.69) is 98.9 Å². The molecule has 0 bridgehead atoms. The maximum Gasteiger partial charge on any atom is 0.119 e. The molecule has 1 aliphatic heterocycles. The molecule has 1 unspecified atom stereocenters. The Labute approximate surface area is 168 Å². The van der Waals surface area contributed by atoms with Gasteiger partial charge in [-0.3, -0.25) is 0 Å². The first-order valence-corrected chi connectivity index (χ1v) is 10.3. The predicted molar refractivity (Wildman–Crippen MR) is 114 cm³/mol. The molecular weight excluding hydrogens is 342 g/mol. The zero-order valence-corrected chi connectivity index (χ0v) is 16.8. The van der Waals surface area contributed by atoms with Gasteiger partial charge in [-0.25, -0.2) is 0 Å². The van der Waals surface area contributed by atoms with Gasteiger partial charge in [0.2, 0.25) is 0 Å². The van der Waals surface area contributed by atoms with Crippen LogP contribution in [0.15, 0.2) is 91.0 Å². The first kappa shape index (κ1) is 18.9. The number of piperidine rings is 1. The minimum Gasteiger partial charge on any atom is -0.389 e. The van der Waals surface area contributed by atoms with Crippen molar-refractivity contribution in [3.05, 3.63) is 108 Å². The highest BCUT2D eigenvalue weighted by molar-refractivity contribution is 5.25. The number of hydrogen-bond donors (Lipinski definition) is 2. The maximum absolute atomic E-state index is 12.0. The summed E-state index contributed by atoms with van der Waals surface area (Å²) in [5.74, 6) is 0.148. The molecule has 2 N–H and O–H groups in total. The van der Waals surface area contributed by atoms with Crippen molar-refractivity contribution in [2.75, 3.05) is 7.05 Å². The largest absolute Gasteiger partial charge is 0.389 e. The third-order valence-corrected chi connectivity index (χ3v) is 6.66. The third kappa shape index (κ3) is 3.63. The number of rotatable bonds is 4. The van der Waals surface area contributed by atoms with Gasteiger partial charge in [0.05, 0.1) is 12.6 Å². The van der Waals surface area contributed by atoms with Crippen LogP contribution in [-0.4, -0.2) is 17.8 Å². The van der Waals surface area contributed by atoms with Crippen molar-refractivity contribution in [3.63, 3.8) is 0 Å². The number of nitrogens with one attached hydrogen (secondary N) is 1. The van der Waals surface area contributed by atoms with Gasteiger partial charge in [0.15, 0.2) is 0 Å². The van der Waals surface area contributed by atoms with Gasteiger partial charge in [0, 0.05) is 29.9 Å². The highest BCUT2D eigenvalue weighted by atomic mass is 16.3. The molecule has 144 valence electrons. The lowest BCUT2D eigenvalue weighted by Gasteiger charge is -2.49. The molecule has 4 rings (SSSR count). The monoisotopic (exact) mass is 372 g/mol. The molecule has 1 fully saturated rings. The Hall–Kier alpha value is -2.42. The highest BCUT2D eigenvalue weighted by Gasteiger charge is 2.51. The molecule has 1 heterocycles. The number of aliphatic hydroxyl groups is 1. The highest BCUT2D eigenvalue weighted by Crippen LogP contribution is 2.41. The van der Waals surface area contributed by atoms with Crippen LogP contribution >= 0.6 is 0 Å². The van der Waals surface area contributed by atoms with Crippen LogP contribution in [0.25, 0.3) is 0 Å². The Morgan fingerprint density at radius 3 is 1.89 bits per heavy atom. The lowest BCUT2D eigenvalue weighted by molar-refractivity contribution is -0.957. The Bertz CT molecular complexity index is 880.